The predicted molar refractivity (Wildman–Crippen MR) is 95.6 cm³/mol. The number of urea groups is 1. The van der Waals surface area contributed by atoms with E-state index in [1.54, 1.807) is 20.8 Å². The average Bonchev–Trinajstić information content (AvgIpc) is 2.98. The zero-order chi connectivity index (χ0) is 22.3. The fraction of sp³-hybridized carbons (Fsp3) is 0.333. The summed E-state index contributed by atoms with van der Waals surface area (Å²) in [5, 5.41) is 17.7. The van der Waals surface area contributed by atoms with Gasteiger partial charge in [-0.05, 0) is 23.6 Å². The number of nitriles is 1. The molecule has 156 valence electrons. The number of rotatable bonds is 3. The Balaban J connectivity index is 2.13. The van der Waals surface area contributed by atoms with Gasteiger partial charge in [-0.25, -0.2) is 4.79 Å². The Kier molecular flexibility index (Phi) is 5.07. The molecule has 1 aliphatic rings. The maximum absolute atomic E-state index is 13.4. The number of nitrogens with one attached hydrogen (secondary N) is 1. The highest BCUT2D eigenvalue weighted by Gasteiger charge is 2.41. The first-order valence-electron chi connectivity index (χ1n) is 8.57. The van der Waals surface area contributed by atoms with Crippen LogP contribution in [-0.4, -0.2) is 33.7 Å². The summed E-state index contributed by atoms with van der Waals surface area (Å²) in [5.41, 5.74) is -1.37. The van der Waals surface area contributed by atoms with E-state index in [0.29, 0.717) is 16.0 Å². The SMILES string of the molecule is CC(C)(C)c1cc(C#N)ccc1Oc1nc(N2C(=O)CNC2=O)nnc1C(F)(F)F. The van der Waals surface area contributed by atoms with Crippen molar-refractivity contribution in [1.82, 2.24) is 20.5 Å². The highest BCUT2D eigenvalue weighted by atomic mass is 19.4. The van der Waals surface area contributed by atoms with Crippen LogP contribution in [0.2, 0.25) is 0 Å². The van der Waals surface area contributed by atoms with Gasteiger partial charge in [0.1, 0.15) is 5.75 Å². The van der Waals surface area contributed by atoms with Crippen molar-refractivity contribution in [3.05, 3.63) is 35.0 Å². The zero-order valence-electron chi connectivity index (χ0n) is 16.0. The van der Waals surface area contributed by atoms with Gasteiger partial charge in [0, 0.05) is 5.56 Å². The van der Waals surface area contributed by atoms with Crippen molar-refractivity contribution in [3.63, 3.8) is 0 Å². The molecule has 0 atom stereocenters. The van der Waals surface area contributed by atoms with Crippen LogP contribution < -0.4 is 15.0 Å². The van der Waals surface area contributed by atoms with Gasteiger partial charge in [0.25, 0.3) is 17.7 Å². The van der Waals surface area contributed by atoms with Crippen LogP contribution in [0.25, 0.3) is 0 Å². The molecule has 12 heteroatoms. The number of carbonyl (C=O) groups excluding carboxylic acids is 2. The Morgan fingerprint density at radius 3 is 2.43 bits per heavy atom. The molecular weight excluding hydrogens is 405 g/mol. The van der Waals surface area contributed by atoms with Crippen LogP contribution in [0.4, 0.5) is 23.9 Å². The van der Waals surface area contributed by atoms with Gasteiger partial charge in [-0.3, -0.25) is 4.79 Å². The second kappa shape index (κ2) is 7.25. The van der Waals surface area contributed by atoms with Gasteiger partial charge in [-0.15, -0.1) is 10.2 Å². The predicted octanol–water partition coefficient (Wildman–Crippen LogP) is 2.91. The van der Waals surface area contributed by atoms with Crippen molar-refractivity contribution >= 4 is 17.9 Å². The van der Waals surface area contributed by atoms with E-state index in [-0.39, 0.29) is 12.3 Å². The number of amides is 3. The number of carbonyl (C=O) groups is 2. The number of anilines is 1. The van der Waals surface area contributed by atoms with Gasteiger partial charge in [0.15, 0.2) is 0 Å². The Labute approximate surface area is 168 Å². The lowest BCUT2D eigenvalue weighted by atomic mass is 9.85. The molecule has 0 unspecified atom stereocenters. The summed E-state index contributed by atoms with van der Waals surface area (Å²) >= 11 is 0. The highest BCUT2D eigenvalue weighted by Crippen LogP contribution is 2.39. The number of imide groups is 1. The molecule has 1 N–H and O–H groups in total. The Hall–Kier alpha value is -3.75. The van der Waals surface area contributed by atoms with Crippen LogP contribution in [0.3, 0.4) is 0 Å². The van der Waals surface area contributed by atoms with Gasteiger partial charge < -0.3 is 10.1 Å². The minimum Gasteiger partial charge on any atom is -0.437 e. The molecule has 1 saturated heterocycles. The summed E-state index contributed by atoms with van der Waals surface area (Å²) in [4.78, 5) is 27.7. The number of nitrogens with zero attached hydrogens (tertiary/aromatic N) is 5. The average molecular weight is 420 g/mol. The first-order chi connectivity index (χ1) is 13.9. The van der Waals surface area contributed by atoms with Crippen molar-refractivity contribution in [2.45, 2.75) is 32.4 Å². The first kappa shape index (κ1) is 21.0. The molecule has 0 radical (unpaired) electrons. The van der Waals surface area contributed by atoms with E-state index in [1.165, 1.54) is 18.2 Å². The Morgan fingerprint density at radius 1 is 1.20 bits per heavy atom. The summed E-state index contributed by atoms with van der Waals surface area (Å²) in [6, 6.07) is 5.29. The Morgan fingerprint density at radius 2 is 1.90 bits per heavy atom. The smallest absolute Gasteiger partial charge is 0.437 e. The normalized spacial score (nSPS) is 14.5. The highest BCUT2D eigenvalue weighted by molar-refractivity contribution is 6.18. The van der Waals surface area contributed by atoms with Crippen LogP contribution in [-0.2, 0) is 16.4 Å². The van der Waals surface area contributed by atoms with E-state index < -0.39 is 41.1 Å². The molecule has 3 rings (SSSR count). The first-order valence-corrected chi connectivity index (χ1v) is 8.57. The van der Waals surface area contributed by atoms with Crippen LogP contribution in [0.5, 0.6) is 11.6 Å². The fourth-order valence-corrected chi connectivity index (χ4v) is 2.65. The Bertz CT molecular complexity index is 1060. The van der Waals surface area contributed by atoms with Crippen molar-refractivity contribution < 1.29 is 27.5 Å². The summed E-state index contributed by atoms with van der Waals surface area (Å²) in [6.07, 6.45) is -4.96. The van der Waals surface area contributed by atoms with Gasteiger partial charge in [-0.2, -0.15) is 28.3 Å². The monoisotopic (exact) mass is 420 g/mol. The van der Waals surface area contributed by atoms with Gasteiger partial charge >= 0.3 is 12.2 Å². The van der Waals surface area contributed by atoms with E-state index in [1.807, 2.05) is 6.07 Å². The largest absolute Gasteiger partial charge is 0.440 e. The number of halogens is 3. The van der Waals surface area contributed by atoms with Crippen molar-refractivity contribution in [2.75, 3.05) is 11.4 Å². The van der Waals surface area contributed by atoms with E-state index in [0.717, 1.165) is 0 Å². The van der Waals surface area contributed by atoms with Crippen molar-refractivity contribution in [2.24, 2.45) is 0 Å². The lowest BCUT2D eigenvalue weighted by Gasteiger charge is -2.23. The van der Waals surface area contributed by atoms with E-state index in [9.17, 15) is 22.8 Å². The minimum absolute atomic E-state index is 0.00986. The van der Waals surface area contributed by atoms with Crippen molar-refractivity contribution in [1.29, 1.82) is 5.26 Å². The number of aromatic nitrogens is 3. The van der Waals surface area contributed by atoms with Crippen LogP contribution in [0, 0.1) is 11.3 Å². The molecule has 1 aromatic carbocycles. The van der Waals surface area contributed by atoms with E-state index >= 15 is 0 Å². The summed E-state index contributed by atoms with van der Waals surface area (Å²) < 4.78 is 45.8. The molecule has 30 heavy (non-hydrogen) atoms. The van der Waals surface area contributed by atoms with Gasteiger partial charge in [-0.1, -0.05) is 20.8 Å². The maximum Gasteiger partial charge on any atom is 0.440 e. The molecule has 0 bridgehead atoms. The van der Waals surface area contributed by atoms with Gasteiger partial charge in [0.05, 0.1) is 18.2 Å². The lowest BCUT2D eigenvalue weighted by molar-refractivity contribution is -0.143. The number of hydrogen-bond donors (Lipinski definition) is 1. The minimum atomic E-state index is -4.96. The third kappa shape index (κ3) is 4.00. The van der Waals surface area contributed by atoms with Gasteiger partial charge in [0.2, 0.25) is 5.69 Å². The summed E-state index contributed by atoms with van der Waals surface area (Å²) in [6.45, 7) is 5.02. The molecule has 2 aromatic rings. The number of alkyl halides is 3. The molecule has 1 aliphatic heterocycles. The molecular formula is C18H15F3N6O3. The zero-order valence-corrected chi connectivity index (χ0v) is 16.0. The summed E-state index contributed by atoms with van der Waals surface area (Å²) in [5.74, 6) is -2.36. The topological polar surface area (TPSA) is 121 Å². The van der Waals surface area contributed by atoms with Crippen LogP contribution in [0.15, 0.2) is 18.2 Å². The molecule has 1 aromatic heterocycles. The maximum atomic E-state index is 13.4. The number of ether oxygens (including phenoxy) is 1. The second-order valence-corrected chi connectivity index (χ2v) is 7.33. The standard InChI is InChI=1S/C18H15F3N6O3/c1-17(2,3)10-6-9(7-22)4-5-11(10)30-14-13(18(19,20)21)25-26-15(24-14)27-12(28)8-23-16(27)29/h4-6H,8H2,1-3H3,(H,23,29). The van der Waals surface area contributed by atoms with Crippen LogP contribution >= 0.6 is 0 Å². The molecule has 3 amide bonds. The quantitative estimate of drug-likeness (QED) is 0.758. The van der Waals surface area contributed by atoms with E-state index in [4.69, 9.17) is 10.00 Å². The van der Waals surface area contributed by atoms with Crippen LogP contribution in [0.1, 0.15) is 37.6 Å². The molecule has 0 saturated carbocycles. The van der Waals surface area contributed by atoms with Crippen molar-refractivity contribution in [3.8, 4) is 17.7 Å². The molecule has 0 spiro atoms. The molecule has 1 fully saturated rings. The third-order valence-corrected chi connectivity index (χ3v) is 4.08. The molecule has 2 heterocycles. The lowest BCUT2D eigenvalue weighted by Crippen LogP contribution is -2.33. The molecule has 0 aliphatic carbocycles. The second-order valence-electron chi connectivity index (χ2n) is 7.33. The molecule has 9 nitrogen and oxygen atoms in total. The fourth-order valence-electron chi connectivity index (χ4n) is 2.65. The summed E-state index contributed by atoms with van der Waals surface area (Å²) in [7, 11) is 0. The van der Waals surface area contributed by atoms with E-state index in [2.05, 4.69) is 20.5 Å². The number of hydrogen-bond acceptors (Lipinski definition) is 7. The number of benzene rings is 1. The third-order valence-electron chi connectivity index (χ3n) is 4.08.